The molecule has 2 amide bonds. The number of ether oxygens (including phenoxy) is 1. The number of nitrogens with one attached hydrogen (secondary N) is 4. The quantitative estimate of drug-likeness (QED) is 0.281. The lowest BCUT2D eigenvalue weighted by atomic mass is 10.0. The third-order valence-corrected chi connectivity index (χ3v) is 5.61. The summed E-state index contributed by atoms with van der Waals surface area (Å²) in [7, 11) is 0. The van der Waals surface area contributed by atoms with Gasteiger partial charge in [0.25, 0.3) is 5.91 Å². The van der Waals surface area contributed by atoms with Crippen molar-refractivity contribution in [3.05, 3.63) is 57.3 Å². The van der Waals surface area contributed by atoms with E-state index < -0.39 is 29.9 Å². The normalized spacial score (nSPS) is 15.7. The minimum absolute atomic E-state index is 0.104. The highest BCUT2D eigenvalue weighted by Crippen LogP contribution is 2.26. The molecule has 1 aromatic carbocycles. The van der Waals surface area contributed by atoms with Crippen molar-refractivity contribution in [2.45, 2.75) is 25.5 Å². The third kappa shape index (κ3) is 8.47. The smallest absolute Gasteiger partial charge is 0.308 e. The zero-order valence-electron chi connectivity index (χ0n) is 19.4. The number of aromatic nitrogens is 1. The van der Waals surface area contributed by atoms with Gasteiger partial charge in [0.05, 0.1) is 55.7 Å². The van der Waals surface area contributed by atoms with Crippen LogP contribution in [-0.4, -0.2) is 66.2 Å². The molecule has 192 valence electrons. The molecule has 1 aromatic heterocycles. The fourth-order valence-electron chi connectivity index (χ4n) is 3.31. The molecule has 5 N–H and O–H groups in total. The minimum Gasteiger partial charge on any atom is -0.466 e. The molecule has 0 fully saturated rings. The number of esters is 1. The Bertz CT molecular complexity index is 1130. The molecule has 2 aromatic rings. The number of rotatable bonds is 9. The highest BCUT2D eigenvalue weighted by atomic mass is 79.9. The van der Waals surface area contributed by atoms with Crippen molar-refractivity contribution in [1.82, 2.24) is 20.9 Å². The monoisotopic (exact) mass is 580 g/mol. The van der Waals surface area contributed by atoms with E-state index in [1.807, 2.05) is 0 Å². The van der Waals surface area contributed by atoms with Gasteiger partial charge >= 0.3 is 5.97 Å². The zero-order chi connectivity index (χ0) is 26.1. The van der Waals surface area contributed by atoms with Gasteiger partial charge < -0.3 is 31.1 Å². The molecule has 13 heteroatoms. The summed E-state index contributed by atoms with van der Waals surface area (Å²) in [4.78, 5) is 45.5. The number of carbonyl (C=O) groups excluding carboxylic acids is 3. The number of guanidine groups is 1. The Hall–Kier alpha value is -3.22. The maximum Gasteiger partial charge on any atom is 0.308 e. The van der Waals surface area contributed by atoms with Gasteiger partial charge in [-0.3, -0.25) is 24.4 Å². The zero-order valence-corrected chi connectivity index (χ0v) is 21.7. The summed E-state index contributed by atoms with van der Waals surface area (Å²) in [6.07, 6.45) is 2.23. The second-order valence-corrected chi connectivity index (χ2v) is 9.18. The van der Waals surface area contributed by atoms with Gasteiger partial charge in [-0.15, -0.1) is 0 Å². The number of aliphatic hydroxyl groups excluding tert-OH is 1. The summed E-state index contributed by atoms with van der Waals surface area (Å²) in [6.45, 7) is 2.20. The van der Waals surface area contributed by atoms with Gasteiger partial charge in [0.2, 0.25) is 5.91 Å². The van der Waals surface area contributed by atoms with Crippen molar-refractivity contribution >= 4 is 57.0 Å². The first-order valence-electron chi connectivity index (χ1n) is 11.1. The summed E-state index contributed by atoms with van der Waals surface area (Å²) in [5.41, 5.74) is 1.35. The Kier molecular flexibility index (Phi) is 10.0. The lowest BCUT2D eigenvalue weighted by Crippen LogP contribution is -2.42. The maximum atomic E-state index is 12.6. The van der Waals surface area contributed by atoms with Gasteiger partial charge in [-0.05, 0) is 36.8 Å². The molecule has 0 bridgehead atoms. The lowest BCUT2D eigenvalue weighted by molar-refractivity contribution is -0.143. The van der Waals surface area contributed by atoms with Crippen LogP contribution >= 0.6 is 27.5 Å². The molecule has 2 heterocycles. The van der Waals surface area contributed by atoms with Crippen LogP contribution in [0.15, 0.2) is 46.1 Å². The number of nitrogens with zero attached hydrogens (tertiary/aromatic N) is 2. The van der Waals surface area contributed by atoms with E-state index in [4.69, 9.17) is 16.3 Å². The van der Waals surface area contributed by atoms with Crippen LogP contribution in [0.2, 0.25) is 5.02 Å². The second-order valence-electron chi connectivity index (χ2n) is 7.83. The van der Waals surface area contributed by atoms with E-state index in [0.717, 1.165) is 0 Å². The largest absolute Gasteiger partial charge is 0.466 e. The number of amides is 2. The van der Waals surface area contributed by atoms with Crippen LogP contribution in [0.1, 0.15) is 35.3 Å². The van der Waals surface area contributed by atoms with Gasteiger partial charge in [0, 0.05) is 22.2 Å². The predicted molar refractivity (Wildman–Crippen MR) is 138 cm³/mol. The minimum atomic E-state index is -0.708. The molecule has 0 spiro atoms. The van der Waals surface area contributed by atoms with Crippen LogP contribution in [0.5, 0.6) is 0 Å². The number of halogens is 2. The number of pyridine rings is 1. The molecular formula is C23H26BrClN6O5. The van der Waals surface area contributed by atoms with Crippen molar-refractivity contribution in [2.24, 2.45) is 4.99 Å². The first-order valence-corrected chi connectivity index (χ1v) is 12.3. The van der Waals surface area contributed by atoms with E-state index in [1.54, 1.807) is 31.2 Å². The third-order valence-electron chi connectivity index (χ3n) is 4.94. The van der Waals surface area contributed by atoms with E-state index in [-0.39, 0.29) is 31.7 Å². The molecule has 1 aliphatic rings. The van der Waals surface area contributed by atoms with E-state index in [9.17, 15) is 19.5 Å². The number of aliphatic imine (C=N–C) groups is 1. The Morgan fingerprint density at radius 2 is 2.08 bits per heavy atom. The number of hydrogen-bond acceptors (Lipinski definition) is 9. The fraction of sp³-hybridized carbons (Fsp3) is 0.348. The molecule has 0 saturated heterocycles. The van der Waals surface area contributed by atoms with Crippen LogP contribution in [0.3, 0.4) is 0 Å². The summed E-state index contributed by atoms with van der Waals surface area (Å²) in [6, 6.07) is 5.92. The van der Waals surface area contributed by atoms with Gasteiger partial charge in [0.1, 0.15) is 0 Å². The van der Waals surface area contributed by atoms with Crippen LogP contribution < -0.4 is 21.3 Å². The van der Waals surface area contributed by atoms with Crippen molar-refractivity contribution in [3.8, 4) is 0 Å². The summed E-state index contributed by atoms with van der Waals surface area (Å²) >= 11 is 9.49. The Balaban J connectivity index is 1.60. The molecule has 3 rings (SSSR count). The van der Waals surface area contributed by atoms with Crippen LogP contribution in [0.4, 0.5) is 5.69 Å². The summed E-state index contributed by atoms with van der Waals surface area (Å²) < 4.78 is 5.71. The number of carbonyl (C=O) groups is 3. The lowest BCUT2D eigenvalue weighted by Gasteiger charge is -2.20. The Labute approximate surface area is 221 Å². The molecule has 36 heavy (non-hydrogen) atoms. The predicted octanol–water partition coefficient (Wildman–Crippen LogP) is 1.77. The van der Waals surface area contributed by atoms with Crippen LogP contribution in [-0.2, 0) is 14.3 Å². The molecule has 0 saturated carbocycles. The highest BCUT2D eigenvalue weighted by Gasteiger charge is 2.21. The van der Waals surface area contributed by atoms with Crippen molar-refractivity contribution in [1.29, 1.82) is 0 Å². The number of β-amino-alcohol motifs (C(OH)–C–C–N with tert-alkyl or cyclic N) is 1. The number of aliphatic hydroxyl groups is 1. The second kappa shape index (κ2) is 13.2. The summed E-state index contributed by atoms with van der Waals surface area (Å²) in [5, 5.41) is 21.1. The molecule has 0 aliphatic carbocycles. The first kappa shape index (κ1) is 27.4. The number of benzene rings is 1. The number of hydrogen-bond donors (Lipinski definition) is 5. The average molecular weight is 582 g/mol. The van der Waals surface area contributed by atoms with Gasteiger partial charge in [0.15, 0.2) is 5.96 Å². The molecule has 0 radical (unpaired) electrons. The fourth-order valence-corrected chi connectivity index (χ4v) is 4.19. The van der Waals surface area contributed by atoms with Gasteiger partial charge in [-0.25, -0.2) is 0 Å². The van der Waals surface area contributed by atoms with Crippen LogP contribution in [0, 0.1) is 0 Å². The summed E-state index contributed by atoms with van der Waals surface area (Å²) in [5.74, 6) is -1.04. The highest BCUT2D eigenvalue weighted by molar-refractivity contribution is 9.10. The van der Waals surface area contributed by atoms with Gasteiger partial charge in [-0.1, -0.05) is 27.5 Å². The molecule has 2 atom stereocenters. The van der Waals surface area contributed by atoms with E-state index in [2.05, 4.69) is 47.2 Å². The Morgan fingerprint density at radius 1 is 1.28 bits per heavy atom. The molecule has 1 aliphatic heterocycles. The molecule has 11 nitrogen and oxygen atoms in total. The van der Waals surface area contributed by atoms with Crippen molar-refractivity contribution in [3.63, 3.8) is 0 Å². The van der Waals surface area contributed by atoms with E-state index in [1.165, 1.54) is 12.4 Å². The Morgan fingerprint density at radius 3 is 2.78 bits per heavy atom. The SMILES string of the molecule is CCOC(=O)CC(NC(=O)CNC(=O)c1cncc(NC2=NCC(O)CN2)c1)c1cc(Cl)cc(Br)c1. The average Bonchev–Trinajstić information content (AvgIpc) is 2.83. The first-order chi connectivity index (χ1) is 17.2. The van der Waals surface area contributed by atoms with E-state index in [0.29, 0.717) is 33.3 Å². The topological polar surface area (TPSA) is 154 Å². The maximum absolute atomic E-state index is 12.6. The van der Waals surface area contributed by atoms with E-state index >= 15 is 0 Å². The van der Waals surface area contributed by atoms with Crippen molar-refractivity contribution < 1.29 is 24.2 Å². The molecular weight excluding hydrogens is 556 g/mol. The standard InChI is InChI=1S/C23H26BrClN6O5/c1-2-36-21(34)7-19(13-3-15(24)6-16(25)4-13)31-20(33)12-27-22(35)14-5-17(9-26-8-14)30-23-28-10-18(32)11-29-23/h3-6,8-9,18-19,32H,2,7,10-12H2,1H3,(H,27,35)(H,31,33)(H2,28,29,30). The van der Waals surface area contributed by atoms with Crippen molar-refractivity contribution in [2.75, 3.05) is 31.6 Å². The van der Waals surface area contributed by atoms with Crippen LogP contribution in [0.25, 0.3) is 0 Å². The number of anilines is 1. The van der Waals surface area contributed by atoms with Gasteiger partial charge in [-0.2, -0.15) is 0 Å². The molecule has 2 unspecified atom stereocenters.